The number of methoxy groups -OCH3 is 1. The second-order valence-corrected chi connectivity index (χ2v) is 10.1. The van der Waals surface area contributed by atoms with Crippen molar-refractivity contribution in [2.24, 2.45) is 17.8 Å². The van der Waals surface area contributed by atoms with E-state index in [4.69, 9.17) is 4.74 Å². The minimum atomic E-state index is -0.667. The molecule has 8 heteroatoms. The Morgan fingerprint density at radius 2 is 1.59 bits per heavy atom. The van der Waals surface area contributed by atoms with Crippen LogP contribution in [0.15, 0.2) is 0 Å². The van der Waals surface area contributed by atoms with E-state index in [1.54, 1.807) is 19.1 Å². The fourth-order valence-electron chi connectivity index (χ4n) is 4.29. The molecule has 0 saturated heterocycles. The van der Waals surface area contributed by atoms with Crippen molar-refractivity contribution in [2.45, 2.75) is 85.5 Å². The minimum absolute atomic E-state index is 0.0201. The van der Waals surface area contributed by atoms with Gasteiger partial charge >= 0.3 is 0 Å². The largest absolute Gasteiger partial charge is 0.379 e. The van der Waals surface area contributed by atoms with Crippen LogP contribution in [-0.2, 0) is 19.1 Å². The second kappa shape index (κ2) is 14.9. The van der Waals surface area contributed by atoms with Crippen molar-refractivity contribution in [1.29, 1.82) is 0 Å². The molecular formula is C24H47N3O4S. The zero-order valence-corrected chi connectivity index (χ0v) is 22.7. The highest BCUT2D eigenvalue weighted by molar-refractivity contribution is 7.80. The van der Waals surface area contributed by atoms with Crippen LogP contribution in [0.4, 0.5) is 0 Å². The molecule has 0 spiro atoms. The van der Waals surface area contributed by atoms with Crippen molar-refractivity contribution in [3.05, 3.63) is 0 Å². The van der Waals surface area contributed by atoms with E-state index in [0.717, 1.165) is 6.42 Å². The van der Waals surface area contributed by atoms with Gasteiger partial charge in [0.1, 0.15) is 11.8 Å². The van der Waals surface area contributed by atoms with E-state index in [9.17, 15) is 14.4 Å². The summed E-state index contributed by atoms with van der Waals surface area (Å²) in [6, 6.07) is -1.29. The number of ketones is 1. The number of hydrogen-bond acceptors (Lipinski definition) is 6. The Labute approximate surface area is 201 Å². The Balaban J connectivity index is 5.85. The molecule has 0 aromatic heterocycles. The van der Waals surface area contributed by atoms with Crippen molar-refractivity contribution in [3.63, 3.8) is 0 Å². The molecule has 0 rings (SSSR count). The van der Waals surface area contributed by atoms with E-state index < -0.39 is 12.1 Å². The number of nitrogens with zero attached hydrogens (tertiary/aromatic N) is 2. The first-order chi connectivity index (χ1) is 14.8. The van der Waals surface area contributed by atoms with Crippen molar-refractivity contribution in [3.8, 4) is 0 Å². The Bertz CT molecular complexity index is 600. The Kier molecular flexibility index (Phi) is 14.4. The smallest absolute Gasteiger partial charge is 0.245 e. The van der Waals surface area contributed by atoms with Crippen molar-refractivity contribution >= 4 is 30.2 Å². The van der Waals surface area contributed by atoms with Gasteiger partial charge in [-0.15, -0.1) is 0 Å². The monoisotopic (exact) mass is 473 g/mol. The number of thiol groups is 1. The van der Waals surface area contributed by atoms with Crippen LogP contribution in [0.5, 0.6) is 0 Å². The predicted molar refractivity (Wildman–Crippen MR) is 134 cm³/mol. The van der Waals surface area contributed by atoms with E-state index in [-0.39, 0.29) is 53.9 Å². The quantitative estimate of drug-likeness (QED) is 0.358. The number of likely N-dealkylation sites (N-methyl/N-ethyl adjacent to an activating group) is 2. The topological polar surface area (TPSA) is 79.0 Å². The van der Waals surface area contributed by atoms with Gasteiger partial charge in [0, 0.05) is 32.9 Å². The van der Waals surface area contributed by atoms with Gasteiger partial charge in [0.05, 0.1) is 18.2 Å². The van der Waals surface area contributed by atoms with Crippen LogP contribution in [0, 0.1) is 17.8 Å². The summed E-state index contributed by atoms with van der Waals surface area (Å²) in [6.07, 6.45) is 0.680. The number of hydrogen-bond donors (Lipinski definition) is 2. The summed E-state index contributed by atoms with van der Waals surface area (Å²) in [5, 5.41) is 3.02. The second-order valence-electron chi connectivity index (χ2n) is 9.63. The van der Waals surface area contributed by atoms with Gasteiger partial charge in [0.2, 0.25) is 11.8 Å². The number of rotatable bonds is 15. The standard InChI is InChI=1S/C24H47N3O4S/c1-11-17(6)22(19(31-10)14-18(7)28)27(9)24(30)20(15(2)3)25-23(29)21(16(4)5)26(8)12-13-32/h15-17,19-22,32H,11-14H2,1-10H3,(H,25,29)/t17-,19+,20-,21-,22-/m0/s1. The Hall–Kier alpha value is -1.12. The van der Waals surface area contributed by atoms with Crippen molar-refractivity contribution in [1.82, 2.24) is 15.1 Å². The maximum Gasteiger partial charge on any atom is 0.245 e. The molecule has 1 N–H and O–H groups in total. The number of carbonyl (C=O) groups excluding carboxylic acids is 3. The summed E-state index contributed by atoms with van der Waals surface area (Å²) >= 11 is 4.29. The van der Waals surface area contributed by atoms with Crippen LogP contribution >= 0.6 is 12.6 Å². The van der Waals surface area contributed by atoms with Gasteiger partial charge in [-0.2, -0.15) is 12.6 Å². The van der Waals surface area contributed by atoms with Gasteiger partial charge in [-0.3, -0.25) is 19.3 Å². The fraction of sp³-hybridized carbons (Fsp3) is 0.875. The zero-order chi connectivity index (χ0) is 25.2. The molecule has 2 amide bonds. The van der Waals surface area contributed by atoms with Crippen LogP contribution in [0.25, 0.3) is 0 Å². The molecule has 0 aliphatic carbocycles. The lowest BCUT2D eigenvalue weighted by Crippen LogP contribution is -2.59. The molecule has 32 heavy (non-hydrogen) atoms. The molecule has 0 bridgehead atoms. The van der Waals surface area contributed by atoms with Gasteiger partial charge < -0.3 is 15.0 Å². The zero-order valence-electron chi connectivity index (χ0n) is 21.8. The molecule has 0 aromatic carbocycles. The normalized spacial score (nSPS) is 16.6. The Morgan fingerprint density at radius 3 is 1.97 bits per heavy atom. The molecule has 0 aliphatic rings. The maximum absolute atomic E-state index is 13.6. The molecule has 7 nitrogen and oxygen atoms in total. The average molecular weight is 474 g/mol. The third kappa shape index (κ3) is 9.02. The third-order valence-electron chi connectivity index (χ3n) is 6.25. The average Bonchev–Trinajstić information content (AvgIpc) is 2.69. The van der Waals surface area contributed by atoms with E-state index in [0.29, 0.717) is 12.3 Å². The lowest BCUT2D eigenvalue weighted by atomic mass is 9.89. The molecule has 5 atom stereocenters. The Morgan fingerprint density at radius 1 is 1.03 bits per heavy atom. The van der Waals surface area contributed by atoms with Crippen LogP contribution in [0.1, 0.15) is 61.3 Å². The molecule has 188 valence electrons. The first kappa shape index (κ1) is 30.9. The highest BCUT2D eigenvalue weighted by Gasteiger charge is 2.38. The van der Waals surface area contributed by atoms with E-state index in [2.05, 4.69) is 31.8 Å². The highest BCUT2D eigenvalue weighted by Crippen LogP contribution is 2.23. The molecular weight excluding hydrogens is 426 g/mol. The molecule has 0 fully saturated rings. The van der Waals surface area contributed by atoms with Gasteiger partial charge in [-0.25, -0.2) is 0 Å². The van der Waals surface area contributed by atoms with Crippen LogP contribution in [-0.4, -0.2) is 85.1 Å². The third-order valence-corrected chi connectivity index (χ3v) is 6.45. The minimum Gasteiger partial charge on any atom is -0.379 e. The van der Waals surface area contributed by atoms with Gasteiger partial charge in [-0.1, -0.05) is 48.0 Å². The fourth-order valence-corrected chi connectivity index (χ4v) is 4.61. The maximum atomic E-state index is 13.6. The number of amides is 2. The van der Waals surface area contributed by atoms with Crippen molar-refractivity contribution in [2.75, 3.05) is 33.5 Å². The summed E-state index contributed by atoms with van der Waals surface area (Å²) in [4.78, 5) is 42.3. The molecule has 0 radical (unpaired) electrons. The summed E-state index contributed by atoms with van der Waals surface area (Å²) in [5.74, 6) is 0.465. The number of Topliss-reactive ketones (excluding diaryl/α,β-unsaturated/α-hetero) is 1. The molecule has 0 saturated carbocycles. The number of nitrogens with one attached hydrogen (secondary N) is 1. The van der Waals surface area contributed by atoms with Crippen molar-refractivity contribution < 1.29 is 19.1 Å². The SMILES string of the molecule is CC[C@H](C)[C@@H]([C@@H](CC(C)=O)OC)N(C)C(=O)[C@@H](NC(=O)[C@H](C(C)C)N(C)CCS)C(C)C. The first-order valence-corrected chi connectivity index (χ1v) is 12.4. The van der Waals surface area contributed by atoms with E-state index in [1.807, 2.05) is 39.6 Å². The van der Waals surface area contributed by atoms with Gasteiger partial charge in [0.15, 0.2) is 0 Å². The molecule has 0 aliphatic heterocycles. The summed E-state index contributed by atoms with van der Waals surface area (Å²) in [5.41, 5.74) is 0. The van der Waals surface area contributed by atoms with Gasteiger partial charge in [-0.05, 0) is 31.7 Å². The lowest BCUT2D eigenvalue weighted by Gasteiger charge is -2.40. The summed E-state index contributed by atoms with van der Waals surface area (Å²) < 4.78 is 5.65. The summed E-state index contributed by atoms with van der Waals surface area (Å²) in [6.45, 7) is 14.2. The van der Waals surface area contributed by atoms with Gasteiger partial charge in [0.25, 0.3) is 0 Å². The van der Waals surface area contributed by atoms with E-state index in [1.165, 1.54) is 6.92 Å². The first-order valence-electron chi connectivity index (χ1n) is 11.7. The number of ether oxygens (including phenoxy) is 1. The predicted octanol–water partition coefficient (Wildman–Crippen LogP) is 2.88. The van der Waals surface area contributed by atoms with Crippen LogP contribution in [0.2, 0.25) is 0 Å². The summed E-state index contributed by atoms with van der Waals surface area (Å²) in [7, 11) is 5.23. The van der Waals surface area contributed by atoms with Crippen LogP contribution in [0.3, 0.4) is 0 Å². The molecule has 0 unspecified atom stereocenters. The molecule has 0 aromatic rings. The number of carbonyl (C=O) groups is 3. The lowest BCUT2D eigenvalue weighted by molar-refractivity contribution is -0.144. The van der Waals surface area contributed by atoms with E-state index >= 15 is 0 Å². The van der Waals surface area contributed by atoms with Crippen LogP contribution < -0.4 is 5.32 Å². The highest BCUT2D eigenvalue weighted by atomic mass is 32.1. The molecule has 0 heterocycles.